The first-order valence-corrected chi connectivity index (χ1v) is 11.7. The van der Waals surface area contributed by atoms with Gasteiger partial charge in [0.05, 0.1) is 13.1 Å². The predicted octanol–water partition coefficient (Wildman–Crippen LogP) is 2.11. The standard InChI is InChI=1S/C25H31N5O3/c1-24(8-13-28(14-9-24)23-26-11-5-12-27-23)22(32)29-15-10-25(18-29)19-30(21(31)17-33-25)16-20-6-3-2-4-7-20/h2-7,11-12H,8-10,13-19H2,1H3. The van der Waals surface area contributed by atoms with Crippen molar-refractivity contribution in [3.8, 4) is 0 Å². The number of aromatic nitrogens is 2. The van der Waals surface area contributed by atoms with Crippen molar-refractivity contribution < 1.29 is 14.3 Å². The number of ether oxygens (including phenoxy) is 1. The maximum absolute atomic E-state index is 13.6. The van der Waals surface area contributed by atoms with E-state index >= 15 is 0 Å². The maximum atomic E-state index is 13.6. The summed E-state index contributed by atoms with van der Waals surface area (Å²) in [5.41, 5.74) is 0.244. The van der Waals surface area contributed by atoms with E-state index in [-0.39, 0.29) is 18.4 Å². The van der Waals surface area contributed by atoms with E-state index in [1.807, 2.05) is 46.2 Å². The van der Waals surface area contributed by atoms with Crippen LogP contribution in [0.15, 0.2) is 48.8 Å². The highest BCUT2D eigenvalue weighted by atomic mass is 16.5. The molecule has 3 aliphatic rings. The molecule has 0 bridgehead atoms. The maximum Gasteiger partial charge on any atom is 0.249 e. The van der Waals surface area contributed by atoms with Crippen LogP contribution in [0.1, 0.15) is 31.7 Å². The number of amides is 2. The van der Waals surface area contributed by atoms with Crippen molar-refractivity contribution in [2.45, 2.75) is 38.3 Å². The van der Waals surface area contributed by atoms with Crippen LogP contribution in [0.25, 0.3) is 0 Å². The molecule has 2 amide bonds. The van der Waals surface area contributed by atoms with Crippen LogP contribution >= 0.6 is 0 Å². The van der Waals surface area contributed by atoms with Crippen LogP contribution in [-0.4, -0.2) is 76.5 Å². The van der Waals surface area contributed by atoms with Gasteiger partial charge in [-0.3, -0.25) is 9.59 Å². The fourth-order valence-electron chi connectivity index (χ4n) is 5.25. The van der Waals surface area contributed by atoms with Gasteiger partial charge in [-0.15, -0.1) is 0 Å². The summed E-state index contributed by atoms with van der Waals surface area (Å²) in [4.78, 5) is 40.8. The molecule has 0 radical (unpaired) electrons. The number of carbonyl (C=O) groups is 2. The summed E-state index contributed by atoms with van der Waals surface area (Å²) >= 11 is 0. The lowest BCUT2D eigenvalue weighted by Gasteiger charge is -2.42. The van der Waals surface area contributed by atoms with Crippen LogP contribution in [0.5, 0.6) is 0 Å². The molecule has 1 unspecified atom stereocenters. The molecular formula is C25H31N5O3. The molecule has 3 fully saturated rings. The Labute approximate surface area is 194 Å². The van der Waals surface area contributed by atoms with E-state index in [0.29, 0.717) is 26.2 Å². The second-order valence-electron chi connectivity index (χ2n) is 9.78. The van der Waals surface area contributed by atoms with Gasteiger partial charge in [-0.1, -0.05) is 37.3 Å². The molecule has 0 N–H and O–H groups in total. The average molecular weight is 450 g/mol. The summed E-state index contributed by atoms with van der Waals surface area (Å²) in [6.45, 7) is 6.02. The summed E-state index contributed by atoms with van der Waals surface area (Å²) < 4.78 is 6.07. The number of hydrogen-bond donors (Lipinski definition) is 0. The molecule has 33 heavy (non-hydrogen) atoms. The smallest absolute Gasteiger partial charge is 0.249 e. The van der Waals surface area contributed by atoms with Crippen molar-refractivity contribution in [1.29, 1.82) is 0 Å². The van der Waals surface area contributed by atoms with Gasteiger partial charge in [0.15, 0.2) is 0 Å². The molecule has 1 spiro atoms. The number of rotatable bonds is 4. The monoisotopic (exact) mass is 449 g/mol. The SMILES string of the molecule is CC1(C(=O)N2CCC3(CN(Cc4ccccc4)C(=O)CO3)C2)CCN(c2ncccn2)CC1. The Morgan fingerprint density at radius 3 is 2.45 bits per heavy atom. The first-order chi connectivity index (χ1) is 16.0. The highest BCUT2D eigenvalue weighted by Crippen LogP contribution is 2.38. The van der Waals surface area contributed by atoms with Crippen molar-refractivity contribution in [2.75, 3.05) is 44.2 Å². The summed E-state index contributed by atoms with van der Waals surface area (Å²) in [5, 5.41) is 0. The molecule has 1 atom stereocenters. The van der Waals surface area contributed by atoms with Crippen LogP contribution in [-0.2, 0) is 20.9 Å². The molecule has 8 nitrogen and oxygen atoms in total. The highest BCUT2D eigenvalue weighted by Gasteiger charge is 2.49. The molecule has 0 saturated carbocycles. The molecule has 1 aromatic carbocycles. The second-order valence-corrected chi connectivity index (χ2v) is 9.78. The van der Waals surface area contributed by atoms with Gasteiger partial charge in [0, 0.05) is 44.0 Å². The van der Waals surface area contributed by atoms with Crippen molar-refractivity contribution in [1.82, 2.24) is 19.8 Å². The highest BCUT2D eigenvalue weighted by molar-refractivity contribution is 5.83. The molecule has 3 aliphatic heterocycles. The fraction of sp³-hybridized carbons (Fsp3) is 0.520. The minimum atomic E-state index is -0.465. The zero-order chi connectivity index (χ0) is 22.9. The van der Waals surface area contributed by atoms with Crippen molar-refractivity contribution >= 4 is 17.8 Å². The number of carbonyl (C=O) groups excluding carboxylic acids is 2. The van der Waals surface area contributed by atoms with Gasteiger partial charge >= 0.3 is 0 Å². The van der Waals surface area contributed by atoms with E-state index in [1.165, 1.54) is 0 Å². The van der Waals surface area contributed by atoms with Gasteiger partial charge in [0.2, 0.25) is 17.8 Å². The molecule has 4 heterocycles. The molecular weight excluding hydrogens is 418 g/mol. The lowest BCUT2D eigenvalue weighted by molar-refractivity contribution is -0.164. The average Bonchev–Trinajstić information content (AvgIpc) is 3.26. The van der Waals surface area contributed by atoms with Crippen LogP contribution in [0.3, 0.4) is 0 Å². The number of morpholine rings is 1. The number of anilines is 1. The van der Waals surface area contributed by atoms with E-state index in [4.69, 9.17) is 4.74 Å². The molecule has 1 aromatic heterocycles. The summed E-state index contributed by atoms with van der Waals surface area (Å²) in [5.74, 6) is 0.936. The van der Waals surface area contributed by atoms with Crippen LogP contribution < -0.4 is 4.90 Å². The van der Waals surface area contributed by atoms with Crippen LogP contribution in [0.4, 0.5) is 5.95 Å². The lowest BCUT2D eigenvalue weighted by Crippen LogP contribution is -2.56. The lowest BCUT2D eigenvalue weighted by atomic mass is 9.79. The molecule has 0 aliphatic carbocycles. The van der Waals surface area contributed by atoms with Crippen molar-refractivity contribution in [2.24, 2.45) is 5.41 Å². The normalized spacial score (nSPS) is 25.0. The Bertz CT molecular complexity index is 994. The Hall–Kier alpha value is -3.00. The summed E-state index contributed by atoms with van der Waals surface area (Å²) in [6, 6.07) is 11.8. The van der Waals surface area contributed by atoms with Crippen LogP contribution in [0, 0.1) is 5.41 Å². The number of likely N-dealkylation sites (tertiary alicyclic amines) is 1. The second kappa shape index (κ2) is 8.74. The predicted molar refractivity (Wildman–Crippen MR) is 123 cm³/mol. The zero-order valence-electron chi connectivity index (χ0n) is 19.2. The molecule has 5 rings (SSSR count). The van der Waals surface area contributed by atoms with Gasteiger partial charge in [-0.2, -0.15) is 0 Å². The Morgan fingerprint density at radius 1 is 1.00 bits per heavy atom. The molecule has 174 valence electrons. The van der Waals surface area contributed by atoms with Gasteiger partial charge in [-0.25, -0.2) is 9.97 Å². The molecule has 8 heteroatoms. The van der Waals surface area contributed by atoms with E-state index < -0.39 is 11.0 Å². The van der Waals surface area contributed by atoms with E-state index in [9.17, 15) is 9.59 Å². The Morgan fingerprint density at radius 2 is 1.73 bits per heavy atom. The van der Waals surface area contributed by atoms with Gasteiger partial charge in [0.1, 0.15) is 12.2 Å². The van der Waals surface area contributed by atoms with E-state index in [1.54, 1.807) is 12.4 Å². The first kappa shape index (κ1) is 21.8. The topological polar surface area (TPSA) is 78.9 Å². The van der Waals surface area contributed by atoms with Crippen LogP contribution in [0.2, 0.25) is 0 Å². The number of nitrogens with zero attached hydrogens (tertiary/aromatic N) is 5. The quantitative estimate of drug-likeness (QED) is 0.712. The third kappa shape index (κ3) is 4.44. The summed E-state index contributed by atoms with van der Waals surface area (Å²) in [6.07, 6.45) is 5.80. The number of hydrogen-bond acceptors (Lipinski definition) is 6. The minimum Gasteiger partial charge on any atom is -0.361 e. The zero-order valence-corrected chi connectivity index (χ0v) is 19.2. The number of piperidine rings is 1. The van der Waals surface area contributed by atoms with E-state index in [0.717, 1.165) is 43.9 Å². The van der Waals surface area contributed by atoms with Gasteiger partial charge < -0.3 is 19.4 Å². The van der Waals surface area contributed by atoms with Crippen molar-refractivity contribution in [3.63, 3.8) is 0 Å². The largest absolute Gasteiger partial charge is 0.361 e. The summed E-state index contributed by atoms with van der Waals surface area (Å²) in [7, 11) is 0. The Balaban J connectivity index is 1.21. The first-order valence-electron chi connectivity index (χ1n) is 11.7. The third-order valence-electron chi connectivity index (χ3n) is 7.37. The fourth-order valence-corrected chi connectivity index (χ4v) is 5.25. The van der Waals surface area contributed by atoms with Crippen molar-refractivity contribution in [3.05, 3.63) is 54.4 Å². The van der Waals surface area contributed by atoms with Gasteiger partial charge in [0.25, 0.3) is 0 Å². The molecule has 3 saturated heterocycles. The molecule has 2 aromatic rings. The Kier molecular flexibility index (Phi) is 5.78. The minimum absolute atomic E-state index is 0.0109. The van der Waals surface area contributed by atoms with E-state index in [2.05, 4.69) is 21.8 Å². The van der Waals surface area contributed by atoms with Gasteiger partial charge in [-0.05, 0) is 30.9 Å². The third-order valence-corrected chi connectivity index (χ3v) is 7.37. The number of benzene rings is 1.